The second-order valence-electron chi connectivity index (χ2n) is 7.15. The first kappa shape index (κ1) is 19.4. The van der Waals surface area contributed by atoms with Crippen LogP contribution >= 0.6 is 0 Å². The molecule has 4 rings (SSSR count). The Balaban J connectivity index is 1.43. The molecule has 0 radical (unpaired) electrons. The Labute approximate surface area is 169 Å². The molecule has 1 spiro atoms. The van der Waals surface area contributed by atoms with E-state index in [-0.39, 0.29) is 19.1 Å². The van der Waals surface area contributed by atoms with Crippen LogP contribution in [-0.2, 0) is 25.6 Å². The maximum Gasteiger partial charge on any atom is 0.410 e. The Kier molecular flexibility index (Phi) is 5.78. The Bertz CT molecular complexity index is 837. The van der Waals surface area contributed by atoms with Crippen LogP contribution in [0.3, 0.4) is 0 Å². The number of likely N-dealkylation sites (tertiary alicyclic amines) is 1. The van der Waals surface area contributed by atoms with Crippen molar-refractivity contribution in [1.29, 1.82) is 0 Å². The Hall–Kier alpha value is -2.90. The number of amides is 2. The highest BCUT2D eigenvalue weighted by molar-refractivity contribution is 5.93. The number of anilines is 1. The largest absolute Gasteiger partial charge is 0.445 e. The maximum atomic E-state index is 13.0. The van der Waals surface area contributed by atoms with Crippen molar-refractivity contribution < 1.29 is 23.8 Å². The molecular formula is C22H24N2O5. The molecule has 2 aliphatic heterocycles. The Morgan fingerprint density at radius 1 is 1.03 bits per heavy atom. The van der Waals surface area contributed by atoms with Gasteiger partial charge in [-0.05, 0) is 17.7 Å². The van der Waals surface area contributed by atoms with Gasteiger partial charge in [0.25, 0.3) is 0 Å². The van der Waals surface area contributed by atoms with E-state index in [9.17, 15) is 9.59 Å². The van der Waals surface area contributed by atoms with Crippen LogP contribution in [0.4, 0.5) is 10.5 Å². The highest BCUT2D eigenvalue weighted by Crippen LogP contribution is 2.37. The number of nitrogens with one attached hydrogen (secondary N) is 1. The summed E-state index contributed by atoms with van der Waals surface area (Å²) in [6, 6.07) is 18.7. The molecule has 0 aromatic heterocycles. The van der Waals surface area contributed by atoms with E-state index >= 15 is 0 Å². The molecule has 0 unspecified atom stereocenters. The van der Waals surface area contributed by atoms with Gasteiger partial charge in [0.15, 0.2) is 5.79 Å². The fraction of sp³-hybridized carbons (Fsp3) is 0.364. The maximum absolute atomic E-state index is 13.0. The van der Waals surface area contributed by atoms with Gasteiger partial charge in [-0.25, -0.2) is 4.79 Å². The van der Waals surface area contributed by atoms with Crippen molar-refractivity contribution in [3.05, 3.63) is 66.2 Å². The van der Waals surface area contributed by atoms with Gasteiger partial charge in [-0.1, -0.05) is 48.5 Å². The van der Waals surface area contributed by atoms with Crippen molar-refractivity contribution in [2.24, 2.45) is 5.92 Å². The number of para-hydroxylation sites is 1. The first-order valence-electron chi connectivity index (χ1n) is 9.76. The van der Waals surface area contributed by atoms with Crippen LogP contribution in [0.5, 0.6) is 0 Å². The van der Waals surface area contributed by atoms with Gasteiger partial charge >= 0.3 is 6.09 Å². The van der Waals surface area contributed by atoms with E-state index in [4.69, 9.17) is 14.2 Å². The van der Waals surface area contributed by atoms with E-state index in [1.54, 1.807) is 4.90 Å². The molecule has 29 heavy (non-hydrogen) atoms. The van der Waals surface area contributed by atoms with Crippen LogP contribution < -0.4 is 5.32 Å². The molecule has 152 valence electrons. The minimum atomic E-state index is -0.991. The predicted molar refractivity (Wildman–Crippen MR) is 106 cm³/mol. The van der Waals surface area contributed by atoms with Crippen LogP contribution in [0.25, 0.3) is 0 Å². The zero-order valence-corrected chi connectivity index (χ0v) is 16.1. The number of carbonyl (C=O) groups excluding carboxylic acids is 2. The molecule has 0 bridgehead atoms. The Morgan fingerprint density at radius 2 is 1.69 bits per heavy atom. The quantitative estimate of drug-likeness (QED) is 0.860. The van der Waals surface area contributed by atoms with E-state index in [0.717, 1.165) is 5.56 Å². The van der Waals surface area contributed by atoms with Crippen molar-refractivity contribution in [3.8, 4) is 0 Å². The first-order valence-corrected chi connectivity index (χ1v) is 9.76. The number of piperidine rings is 1. The average Bonchev–Trinajstić information content (AvgIpc) is 3.22. The number of ether oxygens (including phenoxy) is 3. The van der Waals surface area contributed by atoms with Gasteiger partial charge in [-0.2, -0.15) is 0 Å². The lowest BCUT2D eigenvalue weighted by Gasteiger charge is -2.42. The lowest BCUT2D eigenvalue weighted by Crippen LogP contribution is -2.58. The van der Waals surface area contributed by atoms with Crippen LogP contribution in [0.2, 0.25) is 0 Å². The van der Waals surface area contributed by atoms with Crippen molar-refractivity contribution in [2.75, 3.05) is 31.6 Å². The smallest absolute Gasteiger partial charge is 0.410 e. The minimum absolute atomic E-state index is 0.173. The van der Waals surface area contributed by atoms with Crippen molar-refractivity contribution in [2.45, 2.75) is 18.8 Å². The normalized spacial score (nSPS) is 20.4. The number of nitrogens with zero attached hydrogens (tertiary/aromatic N) is 1. The molecule has 1 N–H and O–H groups in total. The fourth-order valence-corrected chi connectivity index (χ4v) is 3.74. The van der Waals surface area contributed by atoms with Crippen molar-refractivity contribution in [3.63, 3.8) is 0 Å². The molecule has 2 aliphatic rings. The molecule has 2 amide bonds. The molecule has 2 heterocycles. The van der Waals surface area contributed by atoms with Gasteiger partial charge in [0.2, 0.25) is 5.91 Å². The number of benzene rings is 2. The molecule has 1 atom stereocenters. The number of carbonyl (C=O) groups is 2. The van der Waals surface area contributed by atoms with Gasteiger partial charge in [0.05, 0.1) is 13.2 Å². The second kappa shape index (κ2) is 8.63. The topological polar surface area (TPSA) is 77.1 Å². The van der Waals surface area contributed by atoms with Gasteiger partial charge in [-0.3, -0.25) is 4.79 Å². The summed E-state index contributed by atoms with van der Waals surface area (Å²) in [5.74, 6) is -1.88. The number of hydrogen-bond donors (Lipinski definition) is 1. The summed E-state index contributed by atoms with van der Waals surface area (Å²) in [6.07, 6.45) is -0.0282. The van der Waals surface area contributed by atoms with E-state index in [1.165, 1.54) is 0 Å². The van der Waals surface area contributed by atoms with Crippen LogP contribution in [0.15, 0.2) is 60.7 Å². The minimum Gasteiger partial charge on any atom is -0.445 e. The predicted octanol–water partition coefficient (Wildman–Crippen LogP) is 3.03. The molecule has 0 saturated carbocycles. The Morgan fingerprint density at radius 3 is 2.38 bits per heavy atom. The molecular weight excluding hydrogens is 372 g/mol. The highest BCUT2D eigenvalue weighted by Gasteiger charge is 2.52. The molecule has 7 heteroatoms. The van der Waals surface area contributed by atoms with Crippen molar-refractivity contribution >= 4 is 17.7 Å². The van der Waals surface area contributed by atoms with Crippen LogP contribution in [-0.4, -0.2) is 49.0 Å². The number of hydrogen-bond acceptors (Lipinski definition) is 5. The second-order valence-corrected chi connectivity index (χ2v) is 7.15. The zero-order valence-electron chi connectivity index (χ0n) is 16.1. The van der Waals surface area contributed by atoms with E-state index in [1.807, 2.05) is 60.7 Å². The highest BCUT2D eigenvalue weighted by atomic mass is 16.7. The van der Waals surface area contributed by atoms with Gasteiger partial charge in [-0.15, -0.1) is 0 Å². The SMILES string of the molecule is O=C(Nc1ccccc1)[C@H]1CN(C(=O)OCc2ccccc2)CCC12OCCO2. The summed E-state index contributed by atoms with van der Waals surface area (Å²) in [6.45, 7) is 1.64. The van der Waals surface area contributed by atoms with Gasteiger partial charge < -0.3 is 24.4 Å². The first-order chi connectivity index (χ1) is 14.2. The summed E-state index contributed by atoms with van der Waals surface area (Å²) in [5.41, 5.74) is 1.60. The van der Waals surface area contributed by atoms with Crippen LogP contribution in [0, 0.1) is 5.92 Å². The third-order valence-corrected chi connectivity index (χ3v) is 5.26. The van der Waals surface area contributed by atoms with E-state index < -0.39 is 17.8 Å². The molecule has 2 saturated heterocycles. The summed E-state index contributed by atoms with van der Waals surface area (Å²) >= 11 is 0. The number of rotatable bonds is 4. The van der Waals surface area contributed by atoms with Crippen molar-refractivity contribution in [1.82, 2.24) is 4.90 Å². The third-order valence-electron chi connectivity index (χ3n) is 5.26. The average molecular weight is 396 g/mol. The van der Waals surface area contributed by atoms with Gasteiger partial charge in [0, 0.05) is 25.2 Å². The zero-order chi connectivity index (χ0) is 20.1. The molecule has 7 nitrogen and oxygen atoms in total. The fourth-order valence-electron chi connectivity index (χ4n) is 3.74. The summed E-state index contributed by atoms with van der Waals surface area (Å²) < 4.78 is 17.1. The monoisotopic (exact) mass is 396 g/mol. The van der Waals surface area contributed by atoms with Crippen LogP contribution in [0.1, 0.15) is 12.0 Å². The molecule has 2 aromatic rings. The molecule has 0 aliphatic carbocycles. The lowest BCUT2D eigenvalue weighted by atomic mass is 9.89. The standard InChI is InChI=1S/C22H24N2O5/c25-20(23-18-9-5-2-6-10-18)19-15-24(12-11-22(19)28-13-14-29-22)21(26)27-16-17-7-3-1-4-8-17/h1-10,19H,11-16H2,(H,23,25)/t19-/m1/s1. The molecule has 2 aromatic carbocycles. The van der Waals surface area contributed by atoms with E-state index in [0.29, 0.717) is 31.9 Å². The van der Waals surface area contributed by atoms with E-state index in [2.05, 4.69) is 5.32 Å². The summed E-state index contributed by atoms with van der Waals surface area (Å²) in [7, 11) is 0. The lowest BCUT2D eigenvalue weighted by molar-refractivity contribution is -0.215. The summed E-state index contributed by atoms with van der Waals surface area (Å²) in [4.78, 5) is 27.2. The van der Waals surface area contributed by atoms with Gasteiger partial charge in [0.1, 0.15) is 12.5 Å². The summed E-state index contributed by atoms with van der Waals surface area (Å²) in [5, 5.41) is 2.90. The molecule has 2 fully saturated rings. The third kappa shape index (κ3) is 4.41.